The van der Waals surface area contributed by atoms with Crippen molar-refractivity contribution in [3.05, 3.63) is 77.3 Å². The van der Waals surface area contributed by atoms with Gasteiger partial charge in [-0.15, -0.1) is 0 Å². The molecule has 37 heavy (non-hydrogen) atoms. The van der Waals surface area contributed by atoms with E-state index in [1.807, 2.05) is 29.2 Å². The standard InChI is InChI=1S/C28H35N5O3S/c1-2-37(35,36)30-19-22-12-16-32(20-22)28(34)24-8-9-26-25(18-24)27(23-10-14-29-15-11-23)31-33(26)17-13-21-6-4-3-5-7-21/h2-9,18,22-23,29-30H,1,10-17,19-20H2. The molecule has 2 saturated heterocycles. The molecule has 0 saturated carbocycles. The van der Waals surface area contributed by atoms with Crippen molar-refractivity contribution in [1.29, 1.82) is 0 Å². The molecule has 2 N–H and O–H groups in total. The Balaban J connectivity index is 1.36. The molecule has 3 aromatic rings. The van der Waals surface area contributed by atoms with Crippen LogP contribution in [0.25, 0.3) is 10.9 Å². The third-order valence-electron chi connectivity index (χ3n) is 7.57. The number of nitrogens with zero attached hydrogens (tertiary/aromatic N) is 3. The summed E-state index contributed by atoms with van der Waals surface area (Å²) in [4.78, 5) is 15.3. The van der Waals surface area contributed by atoms with E-state index in [-0.39, 0.29) is 11.8 Å². The highest BCUT2D eigenvalue weighted by molar-refractivity contribution is 7.92. The number of benzene rings is 2. The van der Waals surface area contributed by atoms with E-state index in [1.54, 1.807) is 0 Å². The van der Waals surface area contributed by atoms with Gasteiger partial charge in [0.05, 0.1) is 11.2 Å². The molecule has 5 rings (SSSR count). The van der Waals surface area contributed by atoms with Crippen molar-refractivity contribution in [3.8, 4) is 0 Å². The molecular weight excluding hydrogens is 486 g/mol. The van der Waals surface area contributed by atoms with E-state index in [2.05, 4.69) is 45.6 Å². The van der Waals surface area contributed by atoms with Crippen molar-refractivity contribution >= 4 is 26.8 Å². The Bertz CT molecular complexity index is 1360. The normalized spacial score (nSPS) is 18.9. The first-order valence-electron chi connectivity index (χ1n) is 13.1. The molecule has 196 valence electrons. The fourth-order valence-electron chi connectivity index (χ4n) is 5.44. The third-order valence-corrected chi connectivity index (χ3v) is 8.58. The molecule has 2 fully saturated rings. The van der Waals surface area contributed by atoms with E-state index in [1.165, 1.54) is 5.56 Å². The number of hydrogen-bond donors (Lipinski definition) is 2. The molecule has 1 amide bonds. The Kier molecular flexibility index (Phi) is 7.73. The van der Waals surface area contributed by atoms with Crippen LogP contribution >= 0.6 is 0 Å². The highest BCUT2D eigenvalue weighted by Crippen LogP contribution is 2.32. The monoisotopic (exact) mass is 521 g/mol. The zero-order valence-electron chi connectivity index (χ0n) is 21.1. The molecule has 9 heteroatoms. The Hall–Kier alpha value is -3.01. The van der Waals surface area contributed by atoms with Crippen molar-refractivity contribution in [2.24, 2.45) is 5.92 Å². The smallest absolute Gasteiger partial charge is 0.253 e. The van der Waals surface area contributed by atoms with Gasteiger partial charge in [0.15, 0.2) is 0 Å². The number of hydrogen-bond acceptors (Lipinski definition) is 5. The summed E-state index contributed by atoms with van der Waals surface area (Å²) in [6, 6.07) is 16.4. The van der Waals surface area contributed by atoms with E-state index in [0.717, 1.165) is 67.3 Å². The van der Waals surface area contributed by atoms with Crippen molar-refractivity contribution in [2.45, 2.75) is 38.1 Å². The molecule has 2 aliphatic heterocycles. The van der Waals surface area contributed by atoms with Gasteiger partial charge in [-0.05, 0) is 68.5 Å². The number of fused-ring (bicyclic) bond motifs is 1. The first kappa shape index (κ1) is 25.6. The summed E-state index contributed by atoms with van der Waals surface area (Å²) in [5.74, 6) is 0.457. The number of amides is 1. The SMILES string of the molecule is C=CS(=O)(=O)NCC1CCN(C(=O)c2ccc3c(c2)c(C2CCNCC2)nn3CCc2ccccc2)C1. The van der Waals surface area contributed by atoms with Crippen molar-refractivity contribution < 1.29 is 13.2 Å². The lowest BCUT2D eigenvalue weighted by Gasteiger charge is -2.21. The highest BCUT2D eigenvalue weighted by atomic mass is 32.2. The van der Waals surface area contributed by atoms with Gasteiger partial charge in [-0.2, -0.15) is 5.10 Å². The maximum atomic E-state index is 13.4. The Morgan fingerprint density at radius 2 is 1.92 bits per heavy atom. The van der Waals surface area contributed by atoms with Gasteiger partial charge in [-0.1, -0.05) is 36.9 Å². The number of rotatable bonds is 9. The average Bonchev–Trinajstić information content (AvgIpc) is 3.56. The van der Waals surface area contributed by atoms with Gasteiger partial charge < -0.3 is 10.2 Å². The van der Waals surface area contributed by atoms with Gasteiger partial charge in [0.25, 0.3) is 5.91 Å². The van der Waals surface area contributed by atoms with Crippen LogP contribution in [0.2, 0.25) is 0 Å². The molecule has 8 nitrogen and oxygen atoms in total. The van der Waals surface area contributed by atoms with Crippen LogP contribution in [0.1, 0.15) is 46.8 Å². The van der Waals surface area contributed by atoms with Gasteiger partial charge in [-0.25, -0.2) is 13.1 Å². The number of sulfonamides is 1. The maximum Gasteiger partial charge on any atom is 0.253 e. The Morgan fingerprint density at radius 1 is 1.14 bits per heavy atom. The lowest BCUT2D eigenvalue weighted by Crippen LogP contribution is -2.32. The molecule has 0 radical (unpaired) electrons. The fraction of sp³-hybridized carbons (Fsp3) is 0.429. The van der Waals surface area contributed by atoms with Gasteiger partial charge in [0, 0.05) is 48.5 Å². The van der Waals surface area contributed by atoms with Crippen LogP contribution in [0.5, 0.6) is 0 Å². The predicted molar refractivity (Wildman–Crippen MR) is 146 cm³/mol. The lowest BCUT2D eigenvalue weighted by molar-refractivity contribution is 0.0787. The van der Waals surface area contributed by atoms with Crippen LogP contribution in [0.4, 0.5) is 0 Å². The summed E-state index contributed by atoms with van der Waals surface area (Å²) in [6.45, 7) is 7.54. The minimum atomic E-state index is -3.46. The van der Waals surface area contributed by atoms with E-state index in [4.69, 9.17) is 5.10 Å². The Labute approximate surface area is 218 Å². The van der Waals surface area contributed by atoms with E-state index in [0.29, 0.717) is 31.1 Å². The van der Waals surface area contributed by atoms with Crippen molar-refractivity contribution in [2.75, 3.05) is 32.7 Å². The summed E-state index contributed by atoms with van der Waals surface area (Å²) in [5, 5.41) is 10.5. The molecular formula is C28H35N5O3S. The lowest BCUT2D eigenvalue weighted by atomic mass is 9.92. The zero-order valence-corrected chi connectivity index (χ0v) is 21.9. The third kappa shape index (κ3) is 5.95. The van der Waals surface area contributed by atoms with E-state index < -0.39 is 10.0 Å². The predicted octanol–water partition coefficient (Wildman–Crippen LogP) is 3.27. The van der Waals surface area contributed by atoms with Gasteiger partial charge in [-0.3, -0.25) is 9.48 Å². The van der Waals surface area contributed by atoms with Gasteiger partial charge >= 0.3 is 0 Å². The largest absolute Gasteiger partial charge is 0.338 e. The summed E-state index contributed by atoms with van der Waals surface area (Å²) in [5.41, 5.74) is 4.11. The summed E-state index contributed by atoms with van der Waals surface area (Å²) >= 11 is 0. The number of carbonyl (C=O) groups is 1. The second-order valence-corrected chi connectivity index (χ2v) is 11.8. The molecule has 2 aromatic carbocycles. The second kappa shape index (κ2) is 11.2. The summed E-state index contributed by atoms with van der Waals surface area (Å²) in [6.07, 6.45) is 3.74. The molecule has 1 aromatic heterocycles. The van der Waals surface area contributed by atoms with Crippen LogP contribution < -0.4 is 10.0 Å². The first-order valence-corrected chi connectivity index (χ1v) is 14.6. The number of likely N-dealkylation sites (tertiary alicyclic amines) is 1. The fourth-order valence-corrected chi connectivity index (χ4v) is 6.03. The molecule has 3 heterocycles. The number of nitrogens with one attached hydrogen (secondary N) is 2. The van der Waals surface area contributed by atoms with Crippen LogP contribution in [0, 0.1) is 5.92 Å². The Morgan fingerprint density at radius 3 is 2.68 bits per heavy atom. The molecule has 1 unspecified atom stereocenters. The molecule has 0 spiro atoms. The molecule has 0 bridgehead atoms. The average molecular weight is 522 g/mol. The van der Waals surface area contributed by atoms with Crippen LogP contribution in [0.15, 0.2) is 60.5 Å². The molecule has 1 atom stereocenters. The van der Waals surface area contributed by atoms with E-state index >= 15 is 0 Å². The van der Waals surface area contributed by atoms with Crippen molar-refractivity contribution in [3.63, 3.8) is 0 Å². The number of carbonyl (C=O) groups excluding carboxylic acids is 1. The number of aryl methyl sites for hydroxylation is 2. The molecule has 2 aliphatic rings. The van der Waals surface area contributed by atoms with Crippen LogP contribution in [-0.2, 0) is 23.0 Å². The second-order valence-electron chi connectivity index (χ2n) is 10.1. The quantitative estimate of drug-likeness (QED) is 0.451. The minimum Gasteiger partial charge on any atom is -0.338 e. The minimum absolute atomic E-state index is 0.00993. The van der Waals surface area contributed by atoms with Gasteiger partial charge in [0.2, 0.25) is 10.0 Å². The highest BCUT2D eigenvalue weighted by Gasteiger charge is 2.29. The first-order chi connectivity index (χ1) is 17.9. The maximum absolute atomic E-state index is 13.4. The topological polar surface area (TPSA) is 96.3 Å². The van der Waals surface area contributed by atoms with Crippen LogP contribution in [0.3, 0.4) is 0 Å². The van der Waals surface area contributed by atoms with Gasteiger partial charge in [0.1, 0.15) is 0 Å². The van der Waals surface area contributed by atoms with Crippen molar-refractivity contribution in [1.82, 2.24) is 24.7 Å². The number of aromatic nitrogens is 2. The number of piperidine rings is 1. The van der Waals surface area contributed by atoms with Crippen LogP contribution in [-0.4, -0.2) is 61.7 Å². The summed E-state index contributed by atoms with van der Waals surface area (Å²) < 4.78 is 28.0. The zero-order chi connectivity index (χ0) is 25.8. The molecule has 0 aliphatic carbocycles. The van der Waals surface area contributed by atoms with E-state index in [9.17, 15) is 13.2 Å². The summed E-state index contributed by atoms with van der Waals surface area (Å²) in [7, 11) is -3.46.